The van der Waals surface area contributed by atoms with Gasteiger partial charge in [0.25, 0.3) is 0 Å². The van der Waals surface area contributed by atoms with E-state index in [-0.39, 0.29) is 6.04 Å². The lowest BCUT2D eigenvalue weighted by Gasteiger charge is -2.27. The normalized spacial score (nSPS) is 13.5. The summed E-state index contributed by atoms with van der Waals surface area (Å²) < 4.78 is 0. The van der Waals surface area contributed by atoms with Crippen molar-refractivity contribution in [2.45, 2.75) is 45.7 Å². The van der Waals surface area contributed by atoms with Gasteiger partial charge in [-0.3, -0.25) is 4.90 Å². The standard InChI is InChI=1S/C9H18N2/c1-5-9(6-2)11(4)8(3)7-10/h8-9H,5-6H2,1-4H3. The van der Waals surface area contributed by atoms with Gasteiger partial charge in [-0.25, -0.2) is 0 Å². The molecule has 0 spiro atoms. The molecule has 64 valence electrons. The van der Waals surface area contributed by atoms with Gasteiger partial charge in [0, 0.05) is 6.04 Å². The average molecular weight is 154 g/mol. The van der Waals surface area contributed by atoms with Gasteiger partial charge < -0.3 is 0 Å². The molecule has 2 heteroatoms. The van der Waals surface area contributed by atoms with Gasteiger partial charge in [-0.1, -0.05) is 13.8 Å². The first-order valence-electron chi connectivity index (χ1n) is 4.28. The number of nitrogens with zero attached hydrogens (tertiary/aromatic N) is 2. The van der Waals surface area contributed by atoms with Crippen LogP contribution < -0.4 is 0 Å². The Labute approximate surface area is 69.8 Å². The van der Waals surface area contributed by atoms with E-state index in [1.807, 2.05) is 14.0 Å². The molecule has 0 saturated heterocycles. The molecule has 0 aliphatic carbocycles. The van der Waals surface area contributed by atoms with Crippen molar-refractivity contribution < 1.29 is 0 Å². The summed E-state index contributed by atoms with van der Waals surface area (Å²) in [4.78, 5) is 2.14. The highest BCUT2D eigenvalue weighted by Gasteiger charge is 2.15. The molecule has 0 heterocycles. The second-order valence-corrected chi connectivity index (χ2v) is 2.94. The fourth-order valence-electron chi connectivity index (χ4n) is 1.27. The summed E-state index contributed by atoms with van der Waals surface area (Å²) in [6.07, 6.45) is 2.25. The maximum absolute atomic E-state index is 8.65. The Hall–Kier alpha value is -0.550. The lowest BCUT2D eigenvalue weighted by molar-refractivity contribution is 0.205. The first kappa shape index (κ1) is 10.4. The molecule has 0 rings (SSSR count). The Bertz CT molecular complexity index is 133. The van der Waals surface area contributed by atoms with Crippen LogP contribution in [0.1, 0.15) is 33.6 Å². The molecule has 0 aliphatic rings. The van der Waals surface area contributed by atoms with Gasteiger partial charge in [0.2, 0.25) is 0 Å². The van der Waals surface area contributed by atoms with Gasteiger partial charge in [0.05, 0.1) is 12.1 Å². The quantitative estimate of drug-likeness (QED) is 0.619. The molecular formula is C9H18N2. The first-order chi connectivity index (χ1) is 5.17. The zero-order valence-electron chi connectivity index (χ0n) is 7.96. The predicted octanol–water partition coefficient (Wildman–Crippen LogP) is 2.02. The summed E-state index contributed by atoms with van der Waals surface area (Å²) >= 11 is 0. The molecule has 2 nitrogen and oxygen atoms in total. The molecule has 0 aliphatic heterocycles. The minimum atomic E-state index is 0.0416. The van der Waals surface area contributed by atoms with E-state index in [0.717, 1.165) is 12.8 Å². The van der Waals surface area contributed by atoms with E-state index in [2.05, 4.69) is 24.8 Å². The van der Waals surface area contributed by atoms with Gasteiger partial charge in [-0.2, -0.15) is 5.26 Å². The maximum Gasteiger partial charge on any atom is 0.0949 e. The minimum absolute atomic E-state index is 0.0416. The van der Waals surface area contributed by atoms with E-state index in [1.54, 1.807) is 0 Å². The van der Waals surface area contributed by atoms with Gasteiger partial charge >= 0.3 is 0 Å². The van der Waals surface area contributed by atoms with Crippen LogP contribution in [0.2, 0.25) is 0 Å². The van der Waals surface area contributed by atoms with Crippen LogP contribution in [0.25, 0.3) is 0 Å². The Kier molecular flexibility index (Phi) is 4.89. The Morgan fingerprint density at radius 1 is 1.36 bits per heavy atom. The van der Waals surface area contributed by atoms with Crippen LogP contribution in [0.3, 0.4) is 0 Å². The predicted molar refractivity (Wildman–Crippen MR) is 47.2 cm³/mol. The maximum atomic E-state index is 8.65. The van der Waals surface area contributed by atoms with Crippen molar-refractivity contribution >= 4 is 0 Å². The van der Waals surface area contributed by atoms with Gasteiger partial charge in [0.1, 0.15) is 0 Å². The molecule has 0 amide bonds. The van der Waals surface area contributed by atoms with Crippen molar-refractivity contribution in [1.82, 2.24) is 4.90 Å². The third-order valence-electron chi connectivity index (χ3n) is 2.32. The first-order valence-corrected chi connectivity index (χ1v) is 4.28. The molecule has 0 saturated carbocycles. The monoisotopic (exact) mass is 154 g/mol. The lowest BCUT2D eigenvalue weighted by atomic mass is 10.1. The summed E-state index contributed by atoms with van der Waals surface area (Å²) in [5.41, 5.74) is 0. The summed E-state index contributed by atoms with van der Waals surface area (Å²) in [6.45, 7) is 6.27. The van der Waals surface area contributed by atoms with Crippen molar-refractivity contribution in [3.8, 4) is 6.07 Å². The number of hydrogen-bond acceptors (Lipinski definition) is 2. The van der Waals surface area contributed by atoms with Gasteiger partial charge in [-0.05, 0) is 26.8 Å². The molecular weight excluding hydrogens is 136 g/mol. The second kappa shape index (κ2) is 5.15. The van der Waals surface area contributed by atoms with Crippen LogP contribution >= 0.6 is 0 Å². The SMILES string of the molecule is CCC(CC)N(C)C(C)C#N. The summed E-state index contributed by atoms with van der Waals surface area (Å²) in [7, 11) is 2.02. The van der Waals surface area contributed by atoms with E-state index in [0.29, 0.717) is 6.04 Å². The number of rotatable bonds is 4. The molecule has 0 fully saturated rings. The van der Waals surface area contributed by atoms with Crippen molar-refractivity contribution in [2.24, 2.45) is 0 Å². The van der Waals surface area contributed by atoms with Crippen LogP contribution in [0, 0.1) is 11.3 Å². The molecule has 0 aromatic carbocycles. The van der Waals surface area contributed by atoms with Crippen molar-refractivity contribution in [2.75, 3.05) is 7.05 Å². The molecule has 0 N–H and O–H groups in total. The topological polar surface area (TPSA) is 27.0 Å². The van der Waals surface area contributed by atoms with E-state index in [9.17, 15) is 0 Å². The smallest absolute Gasteiger partial charge is 0.0949 e. The Morgan fingerprint density at radius 2 is 1.82 bits per heavy atom. The Morgan fingerprint density at radius 3 is 2.09 bits per heavy atom. The molecule has 0 aromatic rings. The molecule has 0 bridgehead atoms. The third kappa shape index (κ3) is 2.90. The van der Waals surface area contributed by atoms with Crippen molar-refractivity contribution in [1.29, 1.82) is 5.26 Å². The van der Waals surface area contributed by atoms with Gasteiger partial charge in [-0.15, -0.1) is 0 Å². The zero-order valence-corrected chi connectivity index (χ0v) is 7.96. The van der Waals surface area contributed by atoms with Crippen LogP contribution in [0.4, 0.5) is 0 Å². The van der Waals surface area contributed by atoms with Crippen molar-refractivity contribution in [3.63, 3.8) is 0 Å². The zero-order chi connectivity index (χ0) is 8.85. The van der Waals surface area contributed by atoms with Crippen LogP contribution in [-0.2, 0) is 0 Å². The summed E-state index contributed by atoms with van der Waals surface area (Å²) in [5.74, 6) is 0. The molecule has 0 aromatic heterocycles. The van der Waals surface area contributed by atoms with Crippen LogP contribution in [0.5, 0.6) is 0 Å². The van der Waals surface area contributed by atoms with E-state index < -0.39 is 0 Å². The molecule has 0 radical (unpaired) electrons. The van der Waals surface area contributed by atoms with E-state index in [4.69, 9.17) is 5.26 Å². The third-order valence-corrected chi connectivity index (χ3v) is 2.32. The largest absolute Gasteiger partial charge is 0.288 e. The average Bonchev–Trinajstić information content (AvgIpc) is 2.05. The molecule has 1 unspecified atom stereocenters. The van der Waals surface area contributed by atoms with Crippen molar-refractivity contribution in [3.05, 3.63) is 0 Å². The number of hydrogen-bond donors (Lipinski definition) is 0. The molecule has 11 heavy (non-hydrogen) atoms. The highest BCUT2D eigenvalue weighted by Crippen LogP contribution is 2.08. The lowest BCUT2D eigenvalue weighted by Crippen LogP contribution is -2.36. The van der Waals surface area contributed by atoms with E-state index >= 15 is 0 Å². The number of nitriles is 1. The summed E-state index contributed by atoms with van der Waals surface area (Å²) in [6, 6.07) is 2.84. The van der Waals surface area contributed by atoms with E-state index in [1.165, 1.54) is 0 Å². The Balaban J connectivity index is 3.99. The highest BCUT2D eigenvalue weighted by atomic mass is 15.1. The highest BCUT2D eigenvalue weighted by molar-refractivity contribution is 4.88. The fraction of sp³-hybridized carbons (Fsp3) is 0.889. The minimum Gasteiger partial charge on any atom is -0.288 e. The van der Waals surface area contributed by atoms with Crippen LogP contribution in [-0.4, -0.2) is 24.0 Å². The molecule has 1 atom stereocenters. The second-order valence-electron chi connectivity index (χ2n) is 2.94. The van der Waals surface area contributed by atoms with Gasteiger partial charge in [0.15, 0.2) is 0 Å². The summed E-state index contributed by atoms with van der Waals surface area (Å²) in [5, 5.41) is 8.65. The van der Waals surface area contributed by atoms with Crippen LogP contribution in [0.15, 0.2) is 0 Å². The fourth-order valence-corrected chi connectivity index (χ4v) is 1.27.